The molecule has 0 aliphatic rings. The molecule has 0 unspecified atom stereocenters. The Labute approximate surface area is 101 Å². The molecular weight excluding hydrogens is 323 g/mol. The van der Waals surface area contributed by atoms with E-state index in [1.165, 1.54) is 13.2 Å². The molecule has 0 atom stereocenters. The summed E-state index contributed by atoms with van der Waals surface area (Å²) in [6, 6.07) is 6.52. The van der Waals surface area contributed by atoms with Gasteiger partial charge in [-0.1, -0.05) is 18.2 Å². The fraction of sp³-hybridized carbons (Fsp3) is 0.364. The molecule has 1 aromatic rings. The van der Waals surface area contributed by atoms with Crippen LogP contribution in [0, 0.1) is 3.57 Å². The quantitative estimate of drug-likeness (QED) is 0.629. The van der Waals surface area contributed by atoms with E-state index in [4.69, 9.17) is 0 Å². The number of methoxy groups -OCH3 is 1. The van der Waals surface area contributed by atoms with Crippen LogP contribution in [0.3, 0.4) is 0 Å². The Bertz CT molecular complexity index is 467. The summed E-state index contributed by atoms with van der Waals surface area (Å²) >= 11 is -3.60. The number of carbonyl (C=O) groups excluding carboxylic acids is 1. The second kappa shape index (κ2) is 4.90. The van der Waals surface area contributed by atoms with Crippen molar-refractivity contribution < 1.29 is 15.7 Å². The van der Waals surface area contributed by atoms with Crippen molar-refractivity contribution in [3.05, 3.63) is 33.4 Å². The van der Waals surface area contributed by atoms with Crippen molar-refractivity contribution in [2.75, 3.05) is 7.11 Å². The zero-order valence-corrected chi connectivity index (χ0v) is 11.5. The maximum atomic E-state index is 11.6. The number of esters is 1. The number of hydrogen-bond donors (Lipinski definition) is 0. The SMILES string of the molecule is COC(=O)C(C)(C)c1ccccc1I(=O)=O. The van der Waals surface area contributed by atoms with Crippen molar-refractivity contribution >= 4 is 25.8 Å². The van der Waals surface area contributed by atoms with Crippen molar-refractivity contribution in [2.24, 2.45) is 0 Å². The van der Waals surface area contributed by atoms with Crippen LogP contribution in [0.5, 0.6) is 0 Å². The van der Waals surface area contributed by atoms with Crippen molar-refractivity contribution in [3.8, 4) is 0 Å². The normalized spacial score (nSPS) is 11.5. The van der Waals surface area contributed by atoms with Crippen LogP contribution in [-0.2, 0) is 21.1 Å². The largest absolute Gasteiger partial charge is 0.468 e. The number of hydrogen-bond acceptors (Lipinski definition) is 4. The molecule has 0 aliphatic carbocycles. The van der Waals surface area contributed by atoms with Crippen LogP contribution in [0.4, 0.5) is 0 Å². The number of ether oxygens (including phenoxy) is 1. The minimum absolute atomic E-state index is 0.252. The third-order valence-electron chi connectivity index (χ3n) is 2.41. The van der Waals surface area contributed by atoms with E-state index in [1.54, 1.807) is 32.0 Å². The molecule has 16 heavy (non-hydrogen) atoms. The van der Waals surface area contributed by atoms with Gasteiger partial charge in [0.25, 0.3) is 0 Å². The highest BCUT2D eigenvalue weighted by Crippen LogP contribution is 2.32. The lowest BCUT2D eigenvalue weighted by atomic mass is 9.85. The Morgan fingerprint density at radius 1 is 1.25 bits per heavy atom. The molecule has 0 radical (unpaired) electrons. The van der Waals surface area contributed by atoms with E-state index in [0.29, 0.717) is 5.56 Å². The van der Waals surface area contributed by atoms with Crippen LogP contribution < -0.4 is 0 Å². The van der Waals surface area contributed by atoms with Gasteiger partial charge in [-0.05, 0) is 25.5 Å². The lowest BCUT2D eigenvalue weighted by Gasteiger charge is -2.22. The van der Waals surface area contributed by atoms with Crippen molar-refractivity contribution in [1.29, 1.82) is 0 Å². The maximum absolute atomic E-state index is 11.6. The average molecular weight is 336 g/mol. The Kier molecular flexibility index (Phi) is 4.01. The summed E-state index contributed by atoms with van der Waals surface area (Å²) in [5, 5.41) is 0. The Morgan fingerprint density at radius 2 is 1.81 bits per heavy atom. The van der Waals surface area contributed by atoms with Crippen molar-refractivity contribution in [1.82, 2.24) is 0 Å². The van der Waals surface area contributed by atoms with Gasteiger partial charge in [-0.25, -0.2) is 6.14 Å². The summed E-state index contributed by atoms with van der Waals surface area (Å²) in [4.78, 5) is 11.6. The van der Waals surface area contributed by atoms with E-state index in [0.717, 1.165) is 0 Å². The van der Waals surface area contributed by atoms with Gasteiger partial charge in [0.15, 0.2) is 0 Å². The second-order valence-electron chi connectivity index (χ2n) is 3.81. The lowest BCUT2D eigenvalue weighted by Crippen LogP contribution is -2.31. The Balaban J connectivity index is 3.38. The van der Waals surface area contributed by atoms with Crippen LogP contribution in [0.2, 0.25) is 0 Å². The molecule has 0 saturated carbocycles. The minimum atomic E-state index is -3.60. The molecule has 4 nitrogen and oxygen atoms in total. The minimum Gasteiger partial charge on any atom is -0.468 e. The molecule has 0 fully saturated rings. The Hall–Kier alpha value is -0.980. The van der Waals surface area contributed by atoms with E-state index >= 15 is 0 Å². The van der Waals surface area contributed by atoms with Gasteiger partial charge in [-0.15, -0.1) is 0 Å². The summed E-state index contributed by atoms with van der Waals surface area (Å²) in [6.45, 7) is 3.30. The first-order chi connectivity index (χ1) is 7.41. The monoisotopic (exact) mass is 336 g/mol. The first-order valence-electron chi connectivity index (χ1n) is 4.64. The molecule has 0 saturated heterocycles. The van der Waals surface area contributed by atoms with Crippen molar-refractivity contribution in [3.63, 3.8) is 0 Å². The summed E-state index contributed by atoms with van der Waals surface area (Å²) < 4.78 is 27.2. The molecule has 0 N–H and O–H groups in total. The third-order valence-corrected chi connectivity index (χ3v) is 4.30. The van der Waals surface area contributed by atoms with Gasteiger partial charge in [-0.2, -0.15) is 0 Å². The highest BCUT2D eigenvalue weighted by Gasteiger charge is 2.33. The molecule has 0 spiro atoms. The number of benzene rings is 1. The maximum Gasteiger partial charge on any atom is 0.341 e. The van der Waals surface area contributed by atoms with E-state index in [2.05, 4.69) is 4.74 Å². The predicted molar refractivity (Wildman–Crippen MR) is 65.6 cm³/mol. The fourth-order valence-electron chi connectivity index (χ4n) is 1.47. The second-order valence-corrected chi connectivity index (χ2v) is 6.22. The molecule has 0 amide bonds. The van der Waals surface area contributed by atoms with Crippen LogP contribution >= 0.6 is 19.8 Å². The molecule has 0 bridgehead atoms. The van der Waals surface area contributed by atoms with Gasteiger partial charge in [0.1, 0.15) is 0 Å². The van der Waals surface area contributed by atoms with Crippen LogP contribution in [-0.4, -0.2) is 13.1 Å². The standard InChI is InChI=1S/C11H13IO4/c1-11(2,10(13)16-3)8-6-4-5-7-9(8)12(14)15/h4-7H,1-3H3. The molecule has 0 heterocycles. The first-order valence-corrected chi connectivity index (χ1v) is 7.48. The van der Waals surface area contributed by atoms with E-state index in [1.807, 2.05) is 0 Å². The number of halogens is 1. The summed E-state index contributed by atoms with van der Waals surface area (Å²) in [5.74, 6) is -0.447. The van der Waals surface area contributed by atoms with Gasteiger partial charge in [0, 0.05) is 0 Å². The smallest absolute Gasteiger partial charge is 0.341 e. The van der Waals surface area contributed by atoms with Gasteiger partial charge < -0.3 is 4.74 Å². The van der Waals surface area contributed by atoms with Crippen LogP contribution in [0.1, 0.15) is 19.4 Å². The summed E-state index contributed by atoms with van der Waals surface area (Å²) in [6.07, 6.45) is 0. The number of rotatable bonds is 3. The number of carbonyl (C=O) groups is 1. The highest BCUT2D eigenvalue weighted by molar-refractivity contribution is 14.2. The average Bonchev–Trinajstić information content (AvgIpc) is 2.27. The highest BCUT2D eigenvalue weighted by atomic mass is 127. The molecule has 0 aromatic heterocycles. The third kappa shape index (κ3) is 2.40. The zero-order chi connectivity index (χ0) is 12.3. The van der Waals surface area contributed by atoms with Gasteiger partial charge in [0.2, 0.25) is 0 Å². The molecule has 0 aliphatic heterocycles. The van der Waals surface area contributed by atoms with Crippen molar-refractivity contribution in [2.45, 2.75) is 19.3 Å². The van der Waals surface area contributed by atoms with E-state index in [9.17, 15) is 10.9 Å². The first kappa shape index (κ1) is 13.1. The lowest BCUT2D eigenvalue weighted by molar-refractivity contribution is -0.146. The van der Waals surface area contributed by atoms with Gasteiger partial charge >= 0.3 is 25.8 Å². The van der Waals surface area contributed by atoms with E-state index < -0.39 is 31.2 Å². The molecular formula is C11H13IO4. The summed E-state index contributed by atoms with van der Waals surface area (Å²) in [7, 11) is 1.29. The van der Waals surface area contributed by atoms with Crippen LogP contribution in [0.15, 0.2) is 24.3 Å². The zero-order valence-electron chi connectivity index (χ0n) is 9.32. The van der Waals surface area contributed by atoms with Gasteiger partial charge in [0.05, 0.1) is 16.1 Å². The van der Waals surface area contributed by atoms with E-state index in [-0.39, 0.29) is 3.57 Å². The topological polar surface area (TPSA) is 60.4 Å². The van der Waals surface area contributed by atoms with Gasteiger partial charge in [-0.3, -0.25) is 4.79 Å². The summed E-state index contributed by atoms with van der Waals surface area (Å²) in [5.41, 5.74) is -0.451. The molecule has 88 valence electrons. The molecule has 1 rings (SSSR count). The molecule has 5 heteroatoms. The fourth-order valence-corrected chi connectivity index (χ4v) is 3.30. The predicted octanol–water partition coefficient (Wildman–Crippen LogP) is 2.50. The Morgan fingerprint density at radius 3 is 2.31 bits per heavy atom. The molecule has 1 aromatic carbocycles. The van der Waals surface area contributed by atoms with Crippen LogP contribution in [0.25, 0.3) is 0 Å².